The van der Waals surface area contributed by atoms with Crippen molar-refractivity contribution >= 4 is 11.6 Å². The molecule has 2 heterocycles. The van der Waals surface area contributed by atoms with Crippen LogP contribution in [0.1, 0.15) is 17.7 Å². The summed E-state index contributed by atoms with van der Waals surface area (Å²) >= 11 is 0. The Morgan fingerprint density at radius 2 is 1.72 bits per heavy atom. The summed E-state index contributed by atoms with van der Waals surface area (Å²) in [5.41, 5.74) is 4.36. The lowest BCUT2D eigenvalue weighted by Crippen LogP contribution is -2.12. The van der Waals surface area contributed by atoms with Gasteiger partial charge >= 0.3 is 0 Å². The normalized spacial score (nSPS) is 10.5. The Morgan fingerprint density at radius 3 is 2.53 bits per heavy atom. The number of ether oxygens (including phenoxy) is 3. The Bertz CT molecular complexity index is 1290. The fourth-order valence-corrected chi connectivity index (χ4v) is 3.73. The number of nitrogens with zero attached hydrogens (tertiary/aromatic N) is 2. The molecule has 0 spiro atoms. The first-order valence-electron chi connectivity index (χ1n) is 11.8. The number of anilines is 1. The summed E-state index contributed by atoms with van der Waals surface area (Å²) in [4.78, 5) is 21.3. The minimum atomic E-state index is -0.0574. The standard InChI is InChI=1S/C29H29N3O4/c1-34-26-14-12-21(19-27(26)35-2)16-18-36-29-11-6-10-25(32-29)22-7-5-9-24(20-22)31-28(33)15-13-23-8-3-4-17-30-23/h3-12,14,17,19-20H,13,15-16,18H2,1-2H3,(H,31,33). The first-order chi connectivity index (χ1) is 17.6. The Morgan fingerprint density at radius 1 is 0.861 bits per heavy atom. The Balaban J connectivity index is 1.34. The molecule has 0 aliphatic heterocycles. The molecule has 0 atom stereocenters. The van der Waals surface area contributed by atoms with E-state index >= 15 is 0 Å². The molecule has 0 radical (unpaired) electrons. The van der Waals surface area contributed by atoms with Crippen LogP contribution in [0.3, 0.4) is 0 Å². The minimum Gasteiger partial charge on any atom is -0.493 e. The average molecular weight is 484 g/mol. The molecule has 4 aromatic rings. The van der Waals surface area contributed by atoms with Crippen molar-refractivity contribution in [3.63, 3.8) is 0 Å². The maximum absolute atomic E-state index is 12.4. The maximum atomic E-state index is 12.4. The quantitative estimate of drug-likeness (QED) is 0.310. The number of nitrogens with one attached hydrogen (secondary N) is 1. The second-order valence-electron chi connectivity index (χ2n) is 8.10. The number of aromatic nitrogens is 2. The molecule has 0 bridgehead atoms. The highest BCUT2D eigenvalue weighted by molar-refractivity contribution is 5.91. The first-order valence-corrected chi connectivity index (χ1v) is 11.8. The van der Waals surface area contributed by atoms with Crippen molar-refractivity contribution in [1.82, 2.24) is 9.97 Å². The molecule has 184 valence electrons. The van der Waals surface area contributed by atoms with Crippen LogP contribution in [0.2, 0.25) is 0 Å². The molecule has 1 N–H and O–H groups in total. The van der Waals surface area contributed by atoms with Crippen LogP contribution in [0.15, 0.2) is 85.1 Å². The average Bonchev–Trinajstić information content (AvgIpc) is 2.92. The van der Waals surface area contributed by atoms with Gasteiger partial charge in [-0.3, -0.25) is 9.78 Å². The molecule has 0 saturated carbocycles. The van der Waals surface area contributed by atoms with Crippen LogP contribution in [0.25, 0.3) is 11.3 Å². The van der Waals surface area contributed by atoms with Gasteiger partial charge in [0.25, 0.3) is 0 Å². The van der Waals surface area contributed by atoms with Gasteiger partial charge in [0.1, 0.15) is 0 Å². The lowest BCUT2D eigenvalue weighted by atomic mass is 10.1. The first kappa shape index (κ1) is 24.7. The minimum absolute atomic E-state index is 0.0574. The van der Waals surface area contributed by atoms with Crippen LogP contribution in [0.5, 0.6) is 17.4 Å². The number of rotatable bonds is 11. The summed E-state index contributed by atoms with van der Waals surface area (Å²) in [6.07, 6.45) is 3.39. The third-order valence-corrected chi connectivity index (χ3v) is 5.59. The largest absolute Gasteiger partial charge is 0.493 e. The number of carbonyl (C=O) groups excluding carboxylic acids is 1. The lowest BCUT2D eigenvalue weighted by molar-refractivity contribution is -0.116. The van der Waals surface area contributed by atoms with Gasteiger partial charge in [0.05, 0.1) is 26.5 Å². The van der Waals surface area contributed by atoms with Gasteiger partial charge in [-0.05, 0) is 54.4 Å². The zero-order valence-corrected chi connectivity index (χ0v) is 20.4. The predicted octanol–water partition coefficient (Wildman–Crippen LogP) is 5.35. The summed E-state index contributed by atoms with van der Waals surface area (Å²) in [6.45, 7) is 0.471. The summed E-state index contributed by atoms with van der Waals surface area (Å²) in [7, 11) is 3.24. The number of amides is 1. The van der Waals surface area contributed by atoms with Gasteiger partial charge in [0.2, 0.25) is 11.8 Å². The van der Waals surface area contributed by atoms with E-state index in [4.69, 9.17) is 14.2 Å². The molecule has 2 aromatic carbocycles. The number of methoxy groups -OCH3 is 2. The number of hydrogen-bond donors (Lipinski definition) is 1. The summed E-state index contributed by atoms with van der Waals surface area (Å²) in [5, 5.41) is 2.96. The van der Waals surface area contributed by atoms with Crippen LogP contribution in [0.4, 0.5) is 5.69 Å². The van der Waals surface area contributed by atoms with Crippen LogP contribution in [-0.4, -0.2) is 36.7 Å². The van der Waals surface area contributed by atoms with E-state index in [0.29, 0.717) is 43.2 Å². The van der Waals surface area contributed by atoms with Crippen LogP contribution in [-0.2, 0) is 17.6 Å². The van der Waals surface area contributed by atoms with Gasteiger partial charge in [0.15, 0.2) is 11.5 Å². The van der Waals surface area contributed by atoms with Gasteiger partial charge in [-0.15, -0.1) is 0 Å². The number of aryl methyl sites for hydroxylation is 1. The third-order valence-electron chi connectivity index (χ3n) is 5.59. The molecule has 7 heteroatoms. The Kier molecular flexibility index (Phi) is 8.48. The molecule has 7 nitrogen and oxygen atoms in total. The number of pyridine rings is 2. The molecule has 2 aromatic heterocycles. The van der Waals surface area contributed by atoms with E-state index in [0.717, 1.165) is 28.2 Å². The third kappa shape index (κ3) is 6.82. The van der Waals surface area contributed by atoms with E-state index in [1.54, 1.807) is 20.4 Å². The van der Waals surface area contributed by atoms with Crippen LogP contribution in [0, 0.1) is 0 Å². The molecule has 1 amide bonds. The van der Waals surface area contributed by atoms with E-state index in [2.05, 4.69) is 15.3 Å². The van der Waals surface area contributed by atoms with Crippen molar-refractivity contribution in [2.45, 2.75) is 19.3 Å². The van der Waals surface area contributed by atoms with Crippen molar-refractivity contribution in [3.8, 4) is 28.6 Å². The molecular weight excluding hydrogens is 454 g/mol. The lowest BCUT2D eigenvalue weighted by Gasteiger charge is -2.11. The van der Waals surface area contributed by atoms with E-state index in [9.17, 15) is 4.79 Å². The van der Waals surface area contributed by atoms with E-state index in [1.165, 1.54) is 0 Å². The van der Waals surface area contributed by atoms with Crippen molar-refractivity contribution in [2.24, 2.45) is 0 Å². The highest BCUT2D eigenvalue weighted by Gasteiger charge is 2.08. The molecule has 0 saturated heterocycles. The summed E-state index contributed by atoms with van der Waals surface area (Å²) < 4.78 is 16.6. The van der Waals surface area contributed by atoms with Crippen molar-refractivity contribution < 1.29 is 19.0 Å². The van der Waals surface area contributed by atoms with Gasteiger partial charge in [0, 0.05) is 42.0 Å². The number of benzene rings is 2. The van der Waals surface area contributed by atoms with Gasteiger partial charge in [-0.25, -0.2) is 4.98 Å². The van der Waals surface area contributed by atoms with Crippen molar-refractivity contribution in [1.29, 1.82) is 0 Å². The van der Waals surface area contributed by atoms with Gasteiger partial charge in [-0.2, -0.15) is 0 Å². The fraction of sp³-hybridized carbons (Fsp3) is 0.207. The molecule has 36 heavy (non-hydrogen) atoms. The Hall–Kier alpha value is -4.39. The SMILES string of the molecule is COc1ccc(CCOc2cccc(-c3cccc(NC(=O)CCc4ccccn4)c3)n2)cc1OC. The summed E-state index contributed by atoms with van der Waals surface area (Å²) in [6, 6.07) is 24.8. The zero-order valence-electron chi connectivity index (χ0n) is 20.4. The Labute approximate surface area is 211 Å². The smallest absolute Gasteiger partial charge is 0.224 e. The van der Waals surface area contributed by atoms with Gasteiger partial charge < -0.3 is 19.5 Å². The van der Waals surface area contributed by atoms with Crippen molar-refractivity contribution in [2.75, 3.05) is 26.1 Å². The fourth-order valence-electron chi connectivity index (χ4n) is 3.73. The van der Waals surface area contributed by atoms with E-state index in [1.807, 2.05) is 78.9 Å². The van der Waals surface area contributed by atoms with Crippen molar-refractivity contribution in [3.05, 3.63) is 96.3 Å². The second kappa shape index (κ2) is 12.4. The monoisotopic (exact) mass is 483 g/mol. The van der Waals surface area contributed by atoms with Gasteiger partial charge in [-0.1, -0.05) is 30.3 Å². The topological polar surface area (TPSA) is 82.6 Å². The maximum Gasteiger partial charge on any atom is 0.224 e. The highest BCUT2D eigenvalue weighted by atomic mass is 16.5. The van der Waals surface area contributed by atoms with Crippen LogP contribution < -0.4 is 19.5 Å². The van der Waals surface area contributed by atoms with Crippen LogP contribution >= 0.6 is 0 Å². The molecule has 0 aliphatic rings. The number of hydrogen-bond acceptors (Lipinski definition) is 6. The van der Waals surface area contributed by atoms with E-state index < -0.39 is 0 Å². The van der Waals surface area contributed by atoms with E-state index in [-0.39, 0.29) is 5.91 Å². The second-order valence-corrected chi connectivity index (χ2v) is 8.10. The molecular formula is C29H29N3O4. The summed E-state index contributed by atoms with van der Waals surface area (Å²) in [5.74, 6) is 1.87. The zero-order chi connectivity index (χ0) is 25.2. The molecule has 0 unspecified atom stereocenters. The number of carbonyl (C=O) groups is 1. The molecule has 4 rings (SSSR count). The highest BCUT2D eigenvalue weighted by Crippen LogP contribution is 2.28. The molecule has 0 fully saturated rings. The predicted molar refractivity (Wildman–Crippen MR) is 140 cm³/mol. The molecule has 0 aliphatic carbocycles.